The maximum absolute atomic E-state index is 11.4. The lowest BCUT2D eigenvalue weighted by atomic mass is 10.3. The van der Waals surface area contributed by atoms with Crippen molar-refractivity contribution in [2.45, 2.75) is 18.5 Å². The predicted molar refractivity (Wildman–Crippen MR) is 30.0 cm³/mol. The van der Waals surface area contributed by atoms with Gasteiger partial charge in [0.05, 0.1) is 7.18 Å². The van der Waals surface area contributed by atoms with Crippen LogP contribution in [-0.2, 0) is 4.74 Å². The van der Waals surface area contributed by atoms with E-state index in [-0.39, 0.29) is 0 Å². The average Bonchev–Trinajstić information content (AvgIpc) is 2.00. The molecule has 14 heavy (non-hydrogen) atoms. The molecule has 0 aliphatic rings. The van der Waals surface area contributed by atoms with Gasteiger partial charge in [0.15, 0.2) is 6.86 Å². The molecule has 9 heteroatoms. The molecule has 0 heterocycles. The molecule has 0 bridgehead atoms. The molecule has 0 aromatic rings. The minimum atomic E-state index is -5.63. The Morgan fingerprint density at radius 1 is 0.929 bits per heavy atom. The molecule has 0 amide bonds. The van der Waals surface area contributed by atoms with Crippen LogP contribution in [0.4, 0.5) is 35.1 Å². The summed E-state index contributed by atoms with van der Waals surface area (Å²) in [4.78, 5) is 0. The van der Waals surface area contributed by atoms with Gasteiger partial charge in [-0.15, -0.1) is 0 Å². The van der Waals surface area contributed by atoms with Gasteiger partial charge in [0.25, 0.3) is 6.10 Å². The summed E-state index contributed by atoms with van der Waals surface area (Å²) >= 11 is 0. The van der Waals surface area contributed by atoms with Crippen molar-refractivity contribution in [2.24, 2.45) is 0 Å². The highest BCUT2D eigenvalue weighted by molar-refractivity contribution is 4.75. The van der Waals surface area contributed by atoms with Crippen molar-refractivity contribution < 1.29 is 39.9 Å². The Labute approximate surface area is 73.6 Å². The SMILES string of the molecule is CF.FCOC(C(F)(F)F)C(F)(F)F. The van der Waals surface area contributed by atoms with Crippen LogP contribution in [0, 0.1) is 0 Å². The van der Waals surface area contributed by atoms with Crippen LogP contribution < -0.4 is 0 Å². The third kappa shape index (κ3) is 5.95. The molecule has 1 nitrogen and oxygen atoms in total. The smallest absolute Gasteiger partial charge is 0.329 e. The fraction of sp³-hybridized carbons (Fsp3) is 1.00. The summed E-state index contributed by atoms with van der Waals surface area (Å²) in [5.74, 6) is 0. The Bertz CT molecular complexity index is 124. The Balaban J connectivity index is 0. The third-order valence-electron chi connectivity index (χ3n) is 0.824. The van der Waals surface area contributed by atoms with Gasteiger partial charge in [-0.2, -0.15) is 26.3 Å². The van der Waals surface area contributed by atoms with Gasteiger partial charge >= 0.3 is 12.4 Å². The topological polar surface area (TPSA) is 9.23 Å². The van der Waals surface area contributed by atoms with E-state index in [0.29, 0.717) is 7.18 Å². The van der Waals surface area contributed by atoms with Gasteiger partial charge in [-0.1, -0.05) is 0 Å². The summed E-state index contributed by atoms with van der Waals surface area (Å²) < 4.78 is 91.8. The monoisotopic (exact) mass is 234 g/mol. The number of alkyl halides is 8. The third-order valence-corrected chi connectivity index (χ3v) is 0.824. The van der Waals surface area contributed by atoms with Crippen molar-refractivity contribution in [1.29, 1.82) is 0 Å². The number of halogens is 8. The molecule has 0 saturated carbocycles. The van der Waals surface area contributed by atoms with Crippen molar-refractivity contribution in [3.05, 3.63) is 0 Å². The zero-order valence-corrected chi connectivity index (χ0v) is 6.72. The second kappa shape index (κ2) is 5.99. The summed E-state index contributed by atoms with van der Waals surface area (Å²) in [6, 6.07) is 0. The summed E-state index contributed by atoms with van der Waals surface area (Å²) in [5.41, 5.74) is 0. The first-order chi connectivity index (χ1) is 6.19. The van der Waals surface area contributed by atoms with E-state index in [1.54, 1.807) is 0 Å². The molecule has 0 rings (SSSR count). The predicted octanol–water partition coefficient (Wildman–Crippen LogP) is 3.01. The van der Waals surface area contributed by atoms with E-state index in [9.17, 15) is 35.1 Å². The van der Waals surface area contributed by atoms with E-state index in [2.05, 4.69) is 4.74 Å². The van der Waals surface area contributed by atoms with Crippen molar-refractivity contribution >= 4 is 0 Å². The number of hydrogen-bond acceptors (Lipinski definition) is 1. The Hall–Kier alpha value is -0.600. The molecule has 0 unspecified atom stereocenters. The van der Waals surface area contributed by atoms with E-state index < -0.39 is 25.3 Å². The van der Waals surface area contributed by atoms with Crippen LogP contribution >= 0.6 is 0 Å². The minimum absolute atomic E-state index is 0.500. The van der Waals surface area contributed by atoms with Gasteiger partial charge in [0.1, 0.15) is 0 Å². The highest BCUT2D eigenvalue weighted by Crippen LogP contribution is 2.35. The standard InChI is InChI=1S/C4H3F7O.CH3F/c5-1-12-2(3(6,7)8)4(9,10)11;1-2/h2H,1H2;1H3. The zero-order valence-electron chi connectivity index (χ0n) is 6.72. The van der Waals surface area contributed by atoms with Crippen LogP contribution in [0.2, 0.25) is 0 Å². The minimum Gasteiger partial charge on any atom is -0.329 e. The Morgan fingerprint density at radius 2 is 1.21 bits per heavy atom. The zero-order chi connectivity index (χ0) is 12.0. The number of rotatable bonds is 2. The fourth-order valence-electron chi connectivity index (χ4n) is 0.438. The van der Waals surface area contributed by atoms with Crippen LogP contribution in [-0.4, -0.2) is 32.5 Å². The molecule has 0 N–H and O–H groups in total. The second-order valence-electron chi connectivity index (χ2n) is 1.74. The van der Waals surface area contributed by atoms with Crippen LogP contribution in [0.1, 0.15) is 0 Å². The summed E-state index contributed by atoms with van der Waals surface area (Å²) in [7, 11) is 0.500. The second-order valence-corrected chi connectivity index (χ2v) is 1.74. The average molecular weight is 234 g/mol. The summed E-state index contributed by atoms with van der Waals surface area (Å²) in [6.45, 7) is -2.14. The van der Waals surface area contributed by atoms with Gasteiger partial charge in [-0.3, -0.25) is 4.39 Å². The van der Waals surface area contributed by atoms with Crippen molar-refractivity contribution in [3.8, 4) is 0 Å². The highest BCUT2D eigenvalue weighted by atomic mass is 19.4. The molecular weight excluding hydrogens is 228 g/mol. The lowest BCUT2D eigenvalue weighted by Crippen LogP contribution is -2.44. The molecule has 0 radical (unpaired) electrons. The first-order valence-electron chi connectivity index (χ1n) is 2.88. The highest BCUT2D eigenvalue weighted by Gasteiger charge is 2.58. The van der Waals surface area contributed by atoms with Crippen molar-refractivity contribution in [1.82, 2.24) is 0 Å². The van der Waals surface area contributed by atoms with Gasteiger partial charge in [0.2, 0.25) is 0 Å². The molecule has 0 aromatic carbocycles. The molecule has 0 aromatic heterocycles. The van der Waals surface area contributed by atoms with Gasteiger partial charge in [0, 0.05) is 0 Å². The van der Waals surface area contributed by atoms with E-state index in [1.165, 1.54) is 0 Å². The van der Waals surface area contributed by atoms with Crippen molar-refractivity contribution in [3.63, 3.8) is 0 Å². The summed E-state index contributed by atoms with van der Waals surface area (Å²) in [5, 5.41) is 0. The first kappa shape index (κ1) is 15.9. The molecule has 0 spiro atoms. The largest absolute Gasteiger partial charge is 0.423 e. The van der Waals surface area contributed by atoms with Gasteiger partial charge in [-0.05, 0) is 0 Å². The van der Waals surface area contributed by atoms with E-state index in [4.69, 9.17) is 0 Å². The lowest BCUT2D eigenvalue weighted by molar-refractivity contribution is -0.327. The fourth-order valence-corrected chi connectivity index (χ4v) is 0.438. The van der Waals surface area contributed by atoms with E-state index in [1.807, 2.05) is 0 Å². The molecule has 0 aliphatic heterocycles. The van der Waals surface area contributed by atoms with E-state index >= 15 is 0 Å². The molecule has 0 atom stereocenters. The molecular formula is C5H6F8O. The normalized spacial score (nSPS) is 12.4. The summed E-state index contributed by atoms with van der Waals surface area (Å²) in [6.07, 6.45) is -15.3. The Kier molecular flexibility index (Phi) is 6.79. The van der Waals surface area contributed by atoms with Gasteiger partial charge < -0.3 is 4.74 Å². The van der Waals surface area contributed by atoms with E-state index in [0.717, 1.165) is 0 Å². The van der Waals surface area contributed by atoms with Crippen LogP contribution in [0.3, 0.4) is 0 Å². The maximum Gasteiger partial charge on any atom is 0.423 e. The number of ether oxygens (including phenoxy) is 1. The van der Waals surface area contributed by atoms with Crippen LogP contribution in [0.5, 0.6) is 0 Å². The quantitative estimate of drug-likeness (QED) is 0.667. The first-order valence-corrected chi connectivity index (χ1v) is 2.88. The molecule has 0 fully saturated rings. The van der Waals surface area contributed by atoms with Crippen molar-refractivity contribution in [2.75, 3.05) is 14.0 Å². The lowest BCUT2D eigenvalue weighted by Gasteiger charge is -2.21. The molecule has 0 aliphatic carbocycles. The van der Waals surface area contributed by atoms with Crippen LogP contribution in [0.25, 0.3) is 0 Å². The Morgan fingerprint density at radius 3 is 1.29 bits per heavy atom. The maximum atomic E-state index is 11.4. The van der Waals surface area contributed by atoms with Crippen LogP contribution in [0.15, 0.2) is 0 Å². The number of hydrogen-bond donors (Lipinski definition) is 0. The van der Waals surface area contributed by atoms with Gasteiger partial charge in [-0.25, -0.2) is 4.39 Å². The molecule has 88 valence electrons. The molecule has 0 saturated heterocycles.